The molecule has 2 aliphatic heterocycles. The molecule has 0 unspecified atom stereocenters. The molecule has 0 spiro atoms. The van der Waals surface area contributed by atoms with Gasteiger partial charge in [0.1, 0.15) is 17.4 Å². The maximum atomic E-state index is 6.51. The molecule has 4 nitrogen and oxygen atoms in total. The Morgan fingerprint density at radius 3 is 2.74 bits per heavy atom. The maximum absolute atomic E-state index is 6.51. The number of benzene rings is 1. The van der Waals surface area contributed by atoms with Crippen LogP contribution in [-0.2, 0) is 16.1 Å². The van der Waals surface area contributed by atoms with E-state index in [1.54, 1.807) is 0 Å². The molecule has 0 radical (unpaired) electrons. The zero-order valence-corrected chi connectivity index (χ0v) is 14.8. The molecule has 3 rings (SSSR count). The SMILES string of the molecule is CNN=C1[C@@H](OCc2ccccc2C)[C@]2(C)CC[C@@]1(C(C)C)O2. The Balaban J connectivity index is 1.86. The van der Waals surface area contributed by atoms with Crippen molar-refractivity contribution in [1.29, 1.82) is 0 Å². The number of rotatable bonds is 5. The Morgan fingerprint density at radius 2 is 2.09 bits per heavy atom. The Kier molecular flexibility index (Phi) is 4.23. The van der Waals surface area contributed by atoms with Crippen molar-refractivity contribution in [2.24, 2.45) is 11.0 Å². The minimum absolute atomic E-state index is 0.0919. The van der Waals surface area contributed by atoms with Crippen molar-refractivity contribution >= 4 is 5.71 Å². The van der Waals surface area contributed by atoms with E-state index < -0.39 is 0 Å². The molecular formula is C19H28N2O2. The minimum Gasteiger partial charge on any atom is -0.364 e. The largest absolute Gasteiger partial charge is 0.364 e. The molecule has 126 valence electrons. The van der Waals surface area contributed by atoms with Crippen LogP contribution >= 0.6 is 0 Å². The van der Waals surface area contributed by atoms with Gasteiger partial charge in [-0.1, -0.05) is 38.1 Å². The van der Waals surface area contributed by atoms with E-state index in [-0.39, 0.29) is 17.3 Å². The summed E-state index contributed by atoms with van der Waals surface area (Å²) in [6.45, 7) is 9.29. The van der Waals surface area contributed by atoms with Crippen LogP contribution in [0.1, 0.15) is 44.7 Å². The number of hydrogen-bond donors (Lipinski definition) is 1. The summed E-state index contributed by atoms with van der Waals surface area (Å²) in [5, 5.41) is 4.58. The summed E-state index contributed by atoms with van der Waals surface area (Å²) >= 11 is 0. The number of nitrogens with one attached hydrogen (secondary N) is 1. The average Bonchev–Trinajstić information content (AvgIpc) is 2.98. The summed E-state index contributed by atoms with van der Waals surface area (Å²) in [4.78, 5) is 0. The second-order valence-electron chi connectivity index (χ2n) is 7.30. The molecule has 0 amide bonds. The van der Waals surface area contributed by atoms with E-state index in [4.69, 9.17) is 9.47 Å². The van der Waals surface area contributed by atoms with Crippen LogP contribution in [0.25, 0.3) is 0 Å². The van der Waals surface area contributed by atoms with Crippen LogP contribution in [0.2, 0.25) is 0 Å². The zero-order chi connectivity index (χ0) is 16.7. The van der Waals surface area contributed by atoms with Crippen molar-refractivity contribution in [3.05, 3.63) is 35.4 Å². The molecule has 3 atom stereocenters. The molecule has 0 aliphatic carbocycles. The fraction of sp³-hybridized carbons (Fsp3) is 0.632. The van der Waals surface area contributed by atoms with Crippen molar-refractivity contribution < 1.29 is 9.47 Å². The molecule has 1 aromatic rings. The van der Waals surface area contributed by atoms with Gasteiger partial charge in [-0.05, 0) is 43.7 Å². The fourth-order valence-electron chi connectivity index (χ4n) is 4.00. The molecule has 2 aliphatic rings. The van der Waals surface area contributed by atoms with Gasteiger partial charge in [-0.3, -0.25) is 0 Å². The summed E-state index contributed by atoms with van der Waals surface area (Å²) in [5.74, 6) is 0.378. The molecule has 2 bridgehead atoms. The normalized spacial score (nSPS) is 34.5. The van der Waals surface area contributed by atoms with E-state index >= 15 is 0 Å². The Bertz CT molecular complexity index is 613. The summed E-state index contributed by atoms with van der Waals surface area (Å²) in [6, 6.07) is 8.36. The quantitative estimate of drug-likeness (QED) is 0.846. The van der Waals surface area contributed by atoms with Crippen LogP contribution < -0.4 is 5.43 Å². The third-order valence-corrected chi connectivity index (χ3v) is 5.48. The van der Waals surface area contributed by atoms with Gasteiger partial charge in [-0.25, -0.2) is 0 Å². The predicted molar refractivity (Wildman–Crippen MR) is 92.5 cm³/mol. The molecule has 1 N–H and O–H groups in total. The number of nitrogens with zero attached hydrogens (tertiary/aromatic N) is 1. The monoisotopic (exact) mass is 316 g/mol. The van der Waals surface area contributed by atoms with Gasteiger partial charge in [-0.15, -0.1) is 0 Å². The van der Waals surface area contributed by atoms with E-state index in [0.29, 0.717) is 12.5 Å². The van der Waals surface area contributed by atoms with E-state index in [2.05, 4.69) is 62.5 Å². The Labute approximate surface area is 139 Å². The van der Waals surface area contributed by atoms with Crippen LogP contribution in [0.3, 0.4) is 0 Å². The van der Waals surface area contributed by atoms with E-state index in [0.717, 1.165) is 18.6 Å². The average molecular weight is 316 g/mol. The first-order valence-electron chi connectivity index (χ1n) is 8.54. The molecule has 2 heterocycles. The third kappa shape index (κ3) is 2.58. The second kappa shape index (κ2) is 5.91. The van der Waals surface area contributed by atoms with Crippen molar-refractivity contribution in [3.8, 4) is 0 Å². The Morgan fingerprint density at radius 1 is 1.35 bits per heavy atom. The van der Waals surface area contributed by atoms with Gasteiger partial charge < -0.3 is 14.9 Å². The van der Waals surface area contributed by atoms with E-state index in [1.807, 2.05) is 7.05 Å². The standard InChI is InChI=1S/C19H28N2O2/c1-13(2)19-11-10-18(4,23-19)17(16(19)21-20-5)22-12-15-9-7-6-8-14(15)3/h6-9,13,17,20H,10-12H2,1-5H3/t17-,18+,19+/m1/s1. The summed E-state index contributed by atoms with van der Waals surface area (Å²) < 4.78 is 12.9. The number of hydrogen-bond acceptors (Lipinski definition) is 4. The molecule has 2 fully saturated rings. The molecule has 0 aromatic heterocycles. The molecule has 4 heteroatoms. The zero-order valence-electron chi connectivity index (χ0n) is 14.8. The number of hydrazone groups is 1. The maximum Gasteiger partial charge on any atom is 0.129 e. The highest BCUT2D eigenvalue weighted by Crippen LogP contribution is 2.53. The van der Waals surface area contributed by atoms with E-state index in [9.17, 15) is 0 Å². The van der Waals surface area contributed by atoms with Crippen molar-refractivity contribution in [3.63, 3.8) is 0 Å². The predicted octanol–water partition coefficient (Wildman–Crippen LogP) is 3.43. The lowest BCUT2D eigenvalue weighted by Crippen LogP contribution is -2.49. The van der Waals surface area contributed by atoms with Crippen molar-refractivity contribution in [2.45, 2.75) is 64.4 Å². The van der Waals surface area contributed by atoms with Gasteiger partial charge in [0.15, 0.2) is 0 Å². The second-order valence-corrected chi connectivity index (χ2v) is 7.30. The van der Waals surface area contributed by atoms with E-state index in [1.165, 1.54) is 11.1 Å². The molecule has 0 saturated carbocycles. The van der Waals surface area contributed by atoms with Crippen molar-refractivity contribution in [2.75, 3.05) is 7.05 Å². The van der Waals surface area contributed by atoms with Crippen LogP contribution in [0, 0.1) is 12.8 Å². The highest BCUT2D eigenvalue weighted by molar-refractivity contribution is 6.00. The minimum atomic E-state index is -0.284. The van der Waals surface area contributed by atoms with Gasteiger partial charge in [0.25, 0.3) is 0 Å². The fourth-order valence-corrected chi connectivity index (χ4v) is 4.00. The lowest BCUT2D eigenvalue weighted by molar-refractivity contribution is -0.0959. The van der Waals surface area contributed by atoms with Crippen LogP contribution in [0.5, 0.6) is 0 Å². The number of ether oxygens (including phenoxy) is 2. The first-order valence-corrected chi connectivity index (χ1v) is 8.54. The summed E-state index contributed by atoms with van der Waals surface area (Å²) in [5.41, 5.74) is 5.91. The Hall–Kier alpha value is -1.39. The highest BCUT2D eigenvalue weighted by Gasteiger charge is 2.65. The van der Waals surface area contributed by atoms with Gasteiger partial charge in [0, 0.05) is 7.05 Å². The smallest absolute Gasteiger partial charge is 0.129 e. The molecule has 2 saturated heterocycles. The van der Waals surface area contributed by atoms with Gasteiger partial charge in [0.05, 0.1) is 12.2 Å². The first kappa shape index (κ1) is 16.5. The summed E-state index contributed by atoms with van der Waals surface area (Å²) in [7, 11) is 1.84. The number of fused-ring (bicyclic) bond motifs is 2. The first-order chi connectivity index (χ1) is 10.9. The van der Waals surface area contributed by atoms with Gasteiger partial charge in [-0.2, -0.15) is 5.10 Å². The molecular weight excluding hydrogens is 288 g/mol. The van der Waals surface area contributed by atoms with Gasteiger partial charge >= 0.3 is 0 Å². The lowest BCUT2D eigenvalue weighted by Gasteiger charge is -2.33. The molecule has 23 heavy (non-hydrogen) atoms. The van der Waals surface area contributed by atoms with Gasteiger partial charge in [0.2, 0.25) is 0 Å². The van der Waals surface area contributed by atoms with Crippen LogP contribution in [0.15, 0.2) is 29.4 Å². The van der Waals surface area contributed by atoms with Crippen LogP contribution in [0.4, 0.5) is 0 Å². The topological polar surface area (TPSA) is 42.9 Å². The van der Waals surface area contributed by atoms with Crippen molar-refractivity contribution in [1.82, 2.24) is 5.43 Å². The molecule has 1 aromatic carbocycles. The third-order valence-electron chi connectivity index (χ3n) is 5.48. The number of aryl methyl sites for hydroxylation is 1. The van der Waals surface area contributed by atoms with Crippen LogP contribution in [-0.4, -0.2) is 30.1 Å². The lowest BCUT2D eigenvalue weighted by atomic mass is 9.74. The highest BCUT2D eigenvalue weighted by atomic mass is 16.6. The summed E-state index contributed by atoms with van der Waals surface area (Å²) in [6.07, 6.45) is 1.95.